The Balaban J connectivity index is 1.79. The first-order valence-corrected chi connectivity index (χ1v) is 7.26. The molecule has 0 bridgehead atoms. The molecule has 2 N–H and O–H groups in total. The molecule has 4 nitrogen and oxygen atoms in total. The molecule has 1 atom stereocenters. The summed E-state index contributed by atoms with van der Waals surface area (Å²) >= 11 is 0. The van der Waals surface area contributed by atoms with Crippen molar-refractivity contribution in [1.82, 2.24) is 15.6 Å². The lowest BCUT2D eigenvalue weighted by Gasteiger charge is -2.11. The summed E-state index contributed by atoms with van der Waals surface area (Å²) in [4.78, 5) is 16.5. The van der Waals surface area contributed by atoms with Gasteiger partial charge in [0.15, 0.2) is 0 Å². The van der Waals surface area contributed by atoms with E-state index in [1.165, 1.54) is 5.56 Å². The van der Waals surface area contributed by atoms with E-state index < -0.39 is 0 Å². The largest absolute Gasteiger partial charge is 0.348 e. The molecule has 0 saturated carbocycles. The smallest absolute Gasteiger partial charge is 0.253 e. The SMILES string of the molecule is Cc1ccc(-c2cncc(C(=O)NC3CCNC3)c2)cc1. The molecule has 1 amide bonds. The summed E-state index contributed by atoms with van der Waals surface area (Å²) in [5, 5.41) is 6.28. The van der Waals surface area contributed by atoms with Gasteiger partial charge in [0.05, 0.1) is 5.56 Å². The van der Waals surface area contributed by atoms with E-state index in [4.69, 9.17) is 0 Å². The van der Waals surface area contributed by atoms with Crippen LogP contribution in [0.3, 0.4) is 0 Å². The fourth-order valence-corrected chi connectivity index (χ4v) is 2.51. The molecule has 2 heterocycles. The molecule has 108 valence electrons. The number of nitrogens with zero attached hydrogens (tertiary/aromatic N) is 1. The summed E-state index contributed by atoms with van der Waals surface area (Å²) in [7, 11) is 0. The van der Waals surface area contributed by atoms with Gasteiger partial charge in [-0.1, -0.05) is 29.8 Å². The Bertz CT molecular complexity index is 631. The second kappa shape index (κ2) is 6.06. The standard InChI is InChI=1S/C17H19N3O/c1-12-2-4-13(5-3-12)14-8-15(10-19-9-14)17(21)20-16-6-7-18-11-16/h2-5,8-10,16,18H,6-7,11H2,1H3,(H,20,21). The van der Waals surface area contributed by atoms with Crippen LogP contribution in [0.15, 0.2) is 42.7 Å². The van der Waals surface area contributed by atoms with Crippen LogP contribution in [-0.2, 0) is 0 Å². The summed E-state index contributed by atoms with van der Waals surface area (Å²) in [6, 6.07) is 10.3. The first-order valence-electron chi connectivity index (χ1n) is 7.26. The first kappa shape index (κ1) is 13.8. The number of hydrogen-bond acceptors (Lipinski definition) is 3. The fourth-order valence-electron chi connectivity index (χ4n) is 2.51. The van der Waals surface area contributed by atoms with E-state index in [1.54, 1.807) is 12.4 Å². The van der Waals surface area contributed by atoms with Gasteiger partial charge in [0.2, 0.25) is 0 Å². The molecule has 0 spiro atoms. The lowest BCUT2D eigenvalue weighted by molar-refractivity contribution is 0.0939. The molecule has 1 unspecified atom stereocenters. The van der Waals surface area contributed by atoms with Crippen LogP contribution in [0.2, 0.25) is 0 Å². The van der Waals surface area contributed by atoms with Gasteiger partial charge in [-0.3, -0.25) is 9.78 Å². The summed E-state index contributed by atoms with van der Waals surface area (Å²) < 4.78 is 0. The van der Waals surface area contributed by atoms with Crippen LogP contribution in [0.5, 0.6) is 0 Å². The van der Waals surface area contributed by atoms with Crippen LogP contribution >= 0.6 is 0 Å². The third-order valence-electron chi connectivity index (χ3n) is 3.78. The maximum absolute atomic E-state index is 12.3. The highest BCUT2D eigenvalue weighted by atomic mass is 16.1. The summed E-state index contributed by atoms with van der Waals surface area (Å²) in [6.45, 7) is 3.87. The van der Waals surface area contributed by atoms with Gasteiger partial charge in [-0.15, -0.1) is 0 Å². The molecular formula is C17H19N3O. The van der Waals surface area contributed by atoms with Gasteiger partial charge in [0, 0.05) is 30.5 Å². The van der Waals surface area contributed by atoms with Gasteiger partial charge in [-0.2, -0.15) is 0 Å². The van der Waals surface area contributed by atoms with Crippen LogP contribution in [0.25, 0.3) is 11.1 Å². The molecule has 1 aromatic heterocycles. The second-order valence-corrected chi connectivity index (χ2v) is 5.49. The van der Waals surface area contributed by atoms with Crippen molar-refractivity contribution in [3.05, 3.63) is 53.9 Å². The monoisotopic (exact) mass is 281 g/mol. The number of hydrogen-bond donors (Lipinski definition) is 2. The third-order valence-corrected chi connectivity index (χ3v) is 3.78. The van der Waals surface area contributed by atoms with Crippen LogP contribution in [0.4, 0.5) is 0 Å². The van der Waals surface area contributed by atoms with E-state index in [9.17, 15) is 4.79 Å². The van der Waals surface area contributed by atoms with Crippen molar-refractivity contribution in [1.29, 1.82) is 0 Å². The van der Waals surface area contributed by atoms with Gasteiger partial charge < -0.3 is 10.6 Å². The maximum Gasteiger partial charge on any atom is 0.253 e. The Labute approximate surface area is 124 Å². The number of carbonyl (C=O) groups excluding carboxylic acids is 1. The Morgan fingerprint density at radius 2 is 2.05 bits per heavy atom. The molecule has 1 saturated heterocycles. The molecule has 1 aromatic carbocycles. The molecule has 3 rings (SSSR count). The molecule has 21 heavy (non-hydrogen) atoms. The fraction of sp³-hybridized carbons (Fsp3) is 0.294. The Kier molecular flexibility index (Phi) is 3.97. The summed E-state index contributed by atoms with van der Waals surface area (Å²) in [6.07, 6.45) is 4.39. The van der Waals surface area contributed by atoms with Gasteiger partial charge in [0.1, 0.15) is 0 Å². The molecule has 4 heteroatoms. The predicted octanol–water partition coefficient (Wildman–Crippen LogP) is 2.15. The minimum Gasteiger partial charge on any atom is -0.348 e. The topological polar surface area (TPSA) is 54.0 Å². The highest BCUT2D eigenvalue weighted by Crippen LogP contribution is 2.20. The van der Waals surface area contributed by atoms with Crippen molar-refractivity contribution in [2.45, 2.75) is 19.4 Å². The van der Waals surface area contributed by atoms with Crippen molar-refractivity contribution < 1.29 is 4.79 Å². The van der Waals surface area contributed by atoms with E-state index in [-0.39, 0.29) is 11.9 Å². The van der Waals surface area contributed by atoms with Gasteiger partial charge in [0.25, 0.3) is 5.91 Å². The minimum absolute atomic E-state index is 0.0508. The number of pyridine rings is 1. The van der Waals surface area contributed by atoms with Crippen molar-refractivity contribution in [2.24, 2.45) is 0 Å². The van der Waals surface area contributed by atoms with Crippen molar-refractivity contribution in [2.75, 3.05) is 13.1 Å². The van der Waals surface area contributed by atoms with Crippen LogP contribution < -0.4 is 10.6 Å². The minimum atomic E-state index is -0.0508. The number of nitrogens with one attached hydrogen (secondary N) is 2. The summed E-state index contributed by atoms with van der Waals surface area (Å²) in [5.41, 5.74) is 3.87. The number of aromatic nitrogens is 1. The average molecular weight is 281 g/mol. The van der Waals surface area contributed by atoms with E-state index in [1.807, 2.05) is 6.07 Å². The normalized spacial score (nSPS) is 17.7. The van der Waals surface area contributed by atoms with Gasteiger partial charge >= 0.3 is 0 Å². The molecule has 1 aliphatic rings. The van der Waals surface area contributed by atoms with Crippen LogP contribution in [0, 0.1) is 6.92 Å². The molecular weight excluding hydrogens is 262 g/mol. The lowest BCUT2D eigenvalue weighted by atomic mass is 10.0. The van der Waals surface area contributed by atoms with Crippen LogP contribution in [0.1, 0.15) is 22.3 Å². The Morgan fingerprint density at radius 1 is 1.24 bits per heavy atom. The average Bonchev–Trinajstić information content (AvgIpc) is 3.01. The van der Waals surface area contributed by atoms with Crippen molar-refractivity contribution in [3.63, 3.8) is 0 Å². The van der Waals surface area contributed by atoms with E-state index in [0.717, 1.165) is 30.6 Å². The van der Waals surface area contributed by atoms with Gasteiger partial charge in [-0.05, 0) is 31.5 Å². The molecule has 1 aliphatic heterocycles. The predicted molar refractivity (Wildman–Crippen MR) is 83.2 cm³/mol. The van der Waals surface area contributed by atoms with Crippen LogP contribution in [-0.4, -0.2) is 30.0 Å². The quantitative estimate of drug-likeness (QED) is 0.906. The Hall–Kier alpha value is -2.20. The second-order valence-electron chi connectivity index (χ2n) is 5.49. The highest BCUT2D eigenvalue weighted by Gasteiger charge is 2.17. The zero-order valence-corrected chi connectivity index (χ0v) is 12.1. The number of rotatable bonds is 3. The van der Waals surface area contributed by atoms with Gasteiger partial charge in [-0.25, -0.2) is 0 Å². The van der Waals surface area contributed by atoms with Crippen molar-refractivity contribution >= 4 is 5.91 Å². The first-order chi connectivity index (χ1) is 10.2. The molecule has 0 aliphatic carbocycles. The Morgan fingerprint density at radius 3 is 2.76 bits per heavy atom. The number of aryl methyl sites for hydroxylation is 1. The summed E-state index contributed by atoms with van der Waals surface area (Å²) in [5.74, 6) is -0.0508. The maximum atomic E-state index is 12.3. The van der Waals surface area contributed by atoms with E-state index in [2.05, 4.69) is 46.8 Å². The third kappa shape index (κ3) is 3.28. The van der Waals surface area contributed by atoms with Crippen molar-refractivity contribution in [3.8, 4) is 11.1 Å². The zero-order chi connectivity index (χ0) is 14.7. The van der Waals surface area contributed by atoms with E-state index >= 15 is 0 Å². The van der Waals surface area contributed by atoms with E-state index in [0.29, 0.717) is 5.56 Å². The number of amides is 1. The number of benzene rings is 1. The lowest BCUT2D eigenvalue weighted by Crippen LogP contribution is -2.36. The number of carbonyl (C=O) groups is 1. The zero-order valence-electron chi connectivity index (χ0n) is 12.1. The highest BCUT2D eigenvalue weighted by molar-refractivity contribution is 5.95. The molecule has 0 radical (unpaired) electrons. The molecule has 1 fully saturated rings. The molecule has 2 aromatic rings.